The Kier molecular flexibility index (Phi) is 4.63. The largest absolute Gasteiger partial charge is 0.374 e. The predicted octanol–water partition coefficient (Wildman–Crippen LogP) is 0.144. The first kappa shape index (κ1) is 12.9. The maximum absolute atomic E-state index is 11.8. The lowest BCUT2D eigenvalue weighted by molar-refractivity contribution is 0.0789. The van der Waals surface area contributed by atoms with E-state index in [1.54, 1.807) is 11.9 Å². The number of nitrogens with zero attached hydrogens (tertiary/aromatic N) is 4. The molecule has 1 heterocycles. The van der Waals surface area contributed by atoms with Crippen LogP contribution < -0.4 is 5.73 Å². The standard InChI is InChI=1S/C9H17N5OS/c1-13(2)5-4-6-14(3)8(15)7-11-12-9(10)16-7/h4-6H2,1-3H3,(H2,10,12). The summed E-state index contributed by atoms with van der Waals surface area (Å²) in [6.45, 7) is 1.66. The molecule has 1 aromatic heterocycles. The monoisotopic (exact) mass is 243 g/mol. The van der Waals surface area contributed by atoms with E-state index in [4.69, 9.17) is 5.73 Å². The highest BCUT2D eigenvalue weighted by atomic mass is 32.1. The van der Waals surface area contributed by atoms with E-state index in [9.17, 15) is 4.79 Å². The number of anilines is 1. The van der Waals surface area contributed by atoms with Crippen molar-refractivity contribution in [1.82, 2.24) is 20.0 Å². The average Bonchev–Trinajstić information content (AvgIpc) is 2.63. The van der Waals surface area contributed by atoms with Crippen molar-refractivity contribution in [2.75, 3.05) is 40.0 Å². The van der Waals surface area contributed by atoms with Crippen molar-refractivity contribution in [1.29, 1.82) is 0 Å². The highest BCUT2D eigenvalue weighted by molar-refractivity contribution is 7.16. The molecule has 90 valence electrons. The first-order chi connectivity index (χ1) is 7.50. The number of hydrogen-bond donors (Lipinski definition) is 1. The summed E-state index contributed by atoms with van der Waals surface area (Å²) in [4.78, 5) is 15.5. The molecule has 0 saturated heterocycles. The van der Waals surface area contributed by atoms with Crippen LogP contribution >= 0.6 is 11.3 Å². The van der Waals surface area contributed by atoms with E-state index in [0.29, 0.717) is 16.7 Å². The molecule has 0 aromatic carbocycles. The van der Waals surface area contributed by atoms with Gasteiger partial charge in [0.2, 0.25) is 10.1 Å². The van der Waals surface area contributed by atoms with Gasteiger partial charge in [0.1, 0.15) is 0 Å². The van der Waals surface area contributed by atoms with E-state index in [1.807, 2.05) is 14.1 Å². The Hall–Kier alpha value is -1.21. The molecule has 0 fully saturated rings. The third kappa shape index (κ3) is 3.74. The summed E-state index contributed by atoms with van der Waals surface area (Å²) in [6.07, 6.45) is 0.934. The molecule has 6 nitrogen and oxygen atoms in total. The summed E-state index contributed by atoms with van der Waals surface area (Å²) in [7, 11) is 5.77. The lowest BCUT2D eigenvalue weighted by atomic mass is 10.3. The van der Waals surface area contributed by atoms with Crippen LogP contribution in [0.15, 0.2) is 0 Å². The second-order valence-electron chi connectivity index (χ2n) is 3.83. The lowest BCUT2D eigenvalue weighted by Crippen LogP contribution is -2.29. The van der Waals surface area contributed by atoms with Gasteiger partial charge in [-0.2, -0.15) is 0 Å². The molecule has 0 aliphatic carbocycles. The number of nitrogen functional groups attached to an aromatic ring is 1. The van der Waals surface area contributed by atoms with Gasteiger partial charge in [-0.3, -0.25) is 4.79 Å². The van der Waals surface area contributed by atoms with Gasteiger partial charge in [-0.05, 0) is 27.1 Å². The minimum Gasteiger partial charge on any atom is -0.374 e. The molecule has 0 saturated carbocycles. The van der Waals surface area contributed by atoms with Crippen LogP contribution in [-0.2, 0) is 0 Å². The Morgan fingerprint density at radius 3 is 2.50 bits per heavy atom. The number of hydrogen-bond acceptors (Lipinski definition) is 6. The molecule has 0 radical (unpaired) electrons. The van der Waals surface area contributed by atoms with Gasteiger partial charge in [0.15, 0.2) is 0 Å². The van der Waals surface area contributed by atoms with E-state index >= 15 is 0 Å². The normalized spacial score (nSPS) is 10.8. The SMILES string of the molecule is CN(C)CCCN(C)C(=O)c1nnc(N)s1. The molecule has 7 heteroatoms. The number of carbonyl (C=O) groups is 1. The summed E-state index contributed by atoms with van der Waals surface area (Å²) in [5, 5.41) is 8.02. The third-order valence-electron chi connectivity index (χ3n) is 2.07. The van der Waals surface area contributed by atoms with Gasteiger partial charge in [-0.15, -0.1) is 10.2 Å². The van der Waals surface area contributed by atoms with Crippen molar-refractivity contribution in [3.63, 3.8) is 0 Å². The van der Waals surface area contributed by atoms with Crippen LogP contribution in [0.3, 0.4) is 0 Å². The van der Waals surface area contributed by atoms with Crippen molar-refractivity contribution in [2.45, 2.75) is 6.42 Å². The maximum Gasteiger partial charge on any atom is 0.284 e. The van der Waals surface area contributed by atoms with Crippen LogP contribution in [0.5, 0.6) is 0 Å². The molecule has 0 atom stereocenters. The molecule has 0 bridgehead atoms. The lowest BCUT2D eigenvalue weighted by Gasteiger charge is -2.16. The highest BCUT2D eigenvalue weighted by Gasteiger charge is 2.15. The number of aromatic nitrogens is 2. The van der Waals surface area contributed by atoms with Crippen molar-refractivity contribution in [3.8, 4) is 0 Å². The van der Waals surface area contributed by atoms with Gasteiger partial charge < -0.3 is 15.5 Å². The second-order valence-corrected chi connectivity index (χ2v) is 4.84. The summed E-state index contributed by atoms with van der Waals surface area (Å²) >= 11 is 1.12. The van der Waals surface area contributed by atoms with Gasteiger partial charge in [0.25, 0.3) is 5.91 Å². The first-order valence-electron chi connectivity index (χ1n) is 5.00. The van der Waals surface area contributed by atoms with Crippen LogP contribution in [0.25, 0.3) is 0 Å². The van der Waals surface area contributed by atoms with Gasteiger partial charge in [-0.25, -0.2) is 0 Å². The van der Waals surface area contributed by atoms with Crippen molar-refractivity contribution < 1.29 is 4.79 Å². The van der Waals surface area contributed by atoms with Crippen molar-refractivity contribution in [2.24, 2.45) is 0 Å². The zero-order chi connectivity index (χ0) is 12.1. The summed E-state index contributed by atoms with van der Waals surface area (Å²) in [5.74, 6) is -0.118. The molecule has 1 aromatic rings. The molecular formula is C9H17N5OS. The zero-order valence-corrected chi connectivity index (χ0v) is 10.6. The Morgan fingerprint density at radius 1 is 1.31 bits per heavy atom. The third-order valence-corrected chi connectivity index (χ3v) is 2.81. The number of carbonyl (C=O) groups excluding carboxylic acids is 1. The zero-order valence-electron chi connectivity index (χ0n) is 9.80. The summed E-state index contributed by atoms with van der Waals surface area (Å²) in [6, 6.07) is 0. The smallest absolute Gasteiger partial charge is 0.284 e. The molecule has 1 amide bonds. The van der Waals surface area contributed by atoms with E-state index in [1.165, 1.54) is 0 Å². The first-order valence-corrected chi connectivity index (χ1v) is 5.81. The van der Waals surface area contributed by atoms with Crippen LogP contribution in [0.2, 0.25) is 0 Å². The van der Waals surface area contributed by atoms with Gasteiger partial charge >= 0.3 is 0 Å². The minimum absolute atomic E-state index is 0.118. The Morgan fingerprint density at radius 2 is 2.00 bits per heavy atom. The second kappa shape index (κ2) is 5.76. The molecule has 0 aliphatic heterocycles. The van der Waals surface area contributed by atoms with E-state index in [-0.39, 0.29) is 5.91 Å². The molecule has 0 aliphatic rings. The quantitative estimate of drug-likeness (QED) is 0.796. The van der Waals surface area contributed by atoms with Gasteiger partial charge in [0.05, 0.1) is 0 Å². The molecule has 2 N–H and O–H groups in total. The number of amides is 1. The fourth-order valence-electron chi connectivity index (χ4n) is 1.21. The summed E-state index contributed by atoms with van der Waals surface area (Å²) < 4.78 is 0. The fourth-order valence-corrected chi connectivity index (χ4v) is 1.81. The molecule has 0 spiro atoms. The topological polar surface area (TPSA) is 75.3 Å². The van der Waals surface area contributed by atoms with Gasteiger partial charge in [-0.1, -0.05) is 11.3 Å². The number of rotatable bonds is 5. The van der Waals surface area contributed by atoms with Crippen molar-refractivity contribution >= 4 is 22.4 Å². The molecule has 16 heavy (non-hydrogen) atoms. The molecule has 1 rings (SSSR count). The van der Waals surface area contributed by atoms with E-state index in [2.05, 4.69) is 15.1 Å². The van der Waals surface area contributed by atoms with E-state index < -0.39 is 0 Å². The maximum atomic E-state index is 11.8. The van der Waals surface area contributed by atoms with Crippen LogP contribution in [0.1, 0.15) is 16.2 Å². The van der Waals surface area contributed by atoms with Crippen LogP contribution in [0, 0.1) is 0 Å². The predicted molar refractivity (Wildman–Crippen MR) is 64.5 cm³/mol. The molecule has 0 unspecified atom stereocenters. The Balaban J connectivity index is 2.42. The average molecular weight is 243 g/mol. The Bertz CT molecular complexity index is 351. The minimum atomic E-state index is -0.118. The Labute approximate surface area is 99.1 Å². The van der Waals surface area contributed by atoms with Crippen LogP contribution in [-0.4, -0.2) is 60.1 Å². The summed E-state index contributed by atoms with van der Waals surface area (Å²) in [5.41, 5.74) is 5.42. The molecular weight excluding hydrogens is 226 g/mol. The fraction of sp³-hybridized carbons (Fsp3) is 0.667. The van der Waals surface area contributed by atoms with E-state index in [0.717, 1.165) is 24.3 Å². The van der Waals surface area contributed by atoms with Crippen molar-refractivity contribution in [3.05, 3.63) is 5.01 Å². The number of nitrogens with two attached hydrogens (primary N) is 1. The van der Waals surface area contributed by atoms with Gasteiger partial charge in [0, 0.05) is 13.6 Å². The highest BCUT2D eigenvalue weighted by Crippen LogP contribution is 2.12. The van der Waals surface area contributed by atoms with Crippen LogP contribution in [0.4, 0.5) is 5.13 Å².